The van der Waals surface area contributed by atoms with E-state index in [4.69, 9.17) is 14.6 Å². The van der Waals surface area contributed by atoms with Crippen molar-refractivity contribution in [3.8, 4) is 11.1 Å². The first-order chi connectivity index (χ1) is 16.1. The molecule has 0 bridgehead atoms. The number of alkyl carbamates (subject to hydrolysis) is 1. The standard InChI is InChI=1S/C25H30N2O7/c1-25(2,3)34-14-21(22(29)26-20(12-28)23(30)31)27-24(32)33-13-19-17-10-6-4-8-15(17)16-9-5-7-11-18(16)19/h4-11,19-21,28H,12-14H2,1-3H3,(H,26,29)(H,27,32)(H,30,31)/t20-,21+/m1/s1. The van der Waals surface area contributed by atoms with E-state index in [0.717, 1.165) is 22.3 Å². The highest BCUT2D eigenvalue weighted by molar-refractivity contribution is 5.89. The van der Waals surface area contributed by atoms with E-state index in [-0.39, 0.29) is 19.1 Å². The molecule has 0 saturated carbocycles. The number of aliphatic hydroxyl groups is 1. The van der Waals surface area contributed by atoms with Crippen LogP contribution < -0.4 is 10.6 Å². The van der Waals surface area contributed by atoms with Gasteiger partial charge in [-0.25, -0.2) is 9.59 Å². The van der Waals surface area contributed by atoms with Gasteiger partial charge < -0.3 is 30.3 Å². The lowest BCUT2D eigenvalue weighted by atomic mass is 9.98. The van der Waals surface area contributed by atoms with E-state index in [2.05, 4.69) is 10.6 Å². The fourth-order valence-electron chi connectivity index (χ4n) is 3.76. The van der Waals surface area contributed by atoms with Gasteiger partial charge in [-0.15, -0.1) is 0 Å². The summed E-state index contributed by atoms with van der Waals surface area (Å²) in [5.74, 6) is -2.35. The number of nitrogens with one attached hydrogen (secondary N) is 2. The first-order valence-corrected chi connectivity index (χ1v) is 11.0. The predicted octanol–water partition coefficient (Wildman–Crippen LogP) is 2.27. The molecule has 0 saturated heterocycles. The van der Waals surface area contributed by atoms with Gasteiger partial charge in [-0.2, -0.15) is 0 Å². The summed E-state index contributed by atoms with van der Waals surface area (Å²) in [6.07, 6.45) is -0.838. The van der Waals surface area contributed by atoms with Gasteiger partial charge in [0.25, 0.3) is 0 Å². The summed E-state index contributed by atoms with van der Waals surface area (Å²) in [5.41, 5.74) is 3.67. The number of aliphatic carboxylic acids is 1. The molecule has 9 nitrogen and oxygen atoms in total. The lowest BCUT2D eigenvalue weighted by Gasteiger charge is -2.25. The Morgan fingerprint density at radius 3 is 2.00 bits per heavy atom. The van der Waals surface area contributed by atoms with Crippen molar-refractivity contribution in [2.75, 3.05) is 19.8 Å². The van der Waals surface area contributed by atoms with Crippen molar-refractivity contribution >= 4 is 18.0 Å². The van der Waals surface area contributed by atoms with Gasteiger partial charge >= 0.3 is 12.1 Å². The summed E-state index contributed by atoms with van der Waals surface area (Å²) in [5, 5.41) is 22.9. The summed E-state index contributed by atoms with van der Waals surface area (Å²) >= 11 is 0. The molecular weight excluding hydrogens is 440 g/mol. The van der Waals surface area contributed by atoms with Crippen molar-refractivity contribution in [2.24, 2.45) is 0 Å². The molecule has 0 heterocycles. The van der Waals surface area contributed by atoms with E-state index >= 15 is 0 Å². The molecule has 2 amide bonds. The number of carbonyl (C=O) groups is 3. The van der Waals surface area contributed by atoms with Crippen LogP contribution in [0.5, 0.6) is 0 Å². The van der Waals surface area contributed by atoms with Crippen molar-refractivity contribution in [1.29, 1.82) is 0 Å². The second kappa shape index (κ2) is 10.7. The normalized spacial score (nSPS) is 14.5. The first-order valence-electron chi connectivity index (χ1n) is 11.0. The Balaban J connectivity index is 1.68. The van der Waals surface area contributed by atoms with Gasteiger partial charge in [0, 0.05) is 5.92 Å². The fraction of sp³-hybridized carbons (Fsp3) is 0.400. The van der Waals surface area contributed by atoms with E-state index in [9.17, 15) is 19.5 Å². The first kappa shape index (κ1) is 25.2. The lowest BCUT2D eigenvalue weighted by Crippen LogP contribution is -2.55. The van der Waals surface area contributed by atoms with Crippen LogP contribution in [-0.2, 0) is 19.1 Å². The maximum absolute atomic E-state index is 12.6. The molecule has 182 valence electrons. The SMILES string of the molecule is CC(C)(C)OC[C@H](NC(=O)OCC1c2ccccc2-c2ccccc21)C(=O)N[C@H](CO)C(=O)O. The van der Waals surface area contributed by atoms with Crippen LogP contribution in [0.15, 0.2) is 48.5 Å². The van der Waals surface area contributed by atoms with Crippen LogP contribution in [0.3, 0.4) is 0 Å². The molecular formula is C25H30N2O7. The molecule has 4 N–H and O–H groups in total. The Labute approximate surface area is 198 Å². The number of hydrogen-bond acceptors (Lipinski definition) is 6. The quantitative estimate of drug-likeness (QED) is 0.442. The molecule has 2 aromatic carbocycles. The Kier molecular flexibility index (Phi) is 7.90. The molecule has 9 heteroatoms. The van der Waals surface area contributed by atoms with E-state index in [1.807, 2.05) is 48.5 Å². The zero-order valence-corrected chi connectivity index (χ0v) is 19.4. The summed E-state index contributed by atoms with van der Waals surface area (Å²) < 4.78 is 11.1. The van der Waals surface area contributed by atoms with Crippen molar-refractivity contribution in [3.63, 3.8) is 0 Å². The number of carbonyl (C=O) groups excluding carboxylic acids is 2. The van der Waals surface area contributed by atoms with Crippen LogP contribution in [0.2, 0.25) is 0 Å². The van der Waals surface area contributed by atoms with Gasteiger partial charge in [-0.3, -0.25) is 4.79 Å². The van der Waals surface area contributed by atoms with E-state index in [1.165, 1.54) is 0 Å². The average Bonchev–Trinajstić information content (AvgIpc) is 3.11. The van der Waals surface area contributed by atoms with Crippen LogP contribution in [0.1, 0.15) is 37.8 Å². The third-order valence-electron chi connectivity index (χ3n) is 5.43. The lowest BCUT2D eigenvalue weighted by molar-refractivity contribution is -0.143. The molecule has 0 radical (unpaired) electrons. The number of rotatable bonds is 9. The monoisotopic (exact) mass is 470 g/mol. The van der Waals surface area contributed by atoms with Gasteiger partial charge in [0.05, 0.1) is 18.8 Å². The van der Waals surface area contributed by atoms with Crippen molar-refractivity contribution in [1.82, 2.24) is 10.6 Å². The molecule has 0 aromatic heterocycles. The van der Waals surface area contributed by atoms with Gasteiger partial charge in [0.1, 0.15) is 18.7 Å². The summed E-state index contributed by atoms with van der Waals surface area (Å²) in [6, 6.07) is 13.1. The highest BCUT2D eigenvalue weighted by Gasteiger charge is 2.31. The highest BCUT2D eigenvalue weighted by Crippen LogP contribution is 2.44. The van der Waals surface area contributed by atoms with Crippen LogP contribution >= 0.6 is 0 Å². The van der Waals surface area contributed by atoms with Crippen molar-refractivity contribution < 1.29 is 34.1 Å². The fourth-order valence-corrected chi connectivity index (χ4v) is 3.76. The third kappa shape index (κ3) is 6.12. The largest absolute Gasteiger partial charge is 0.480 e. The molecule has 1 aliphatic rings. The van der Waals surface area contributed by atoms with Gasteiger partial charge in [-0.05, 0) is 43.0 Å². The zero-order valence-electron chi connectivity index (χ0n) is 19.4. The molecule has 0 spiro atoms. The topological polar surface area (TPSA) is 134 Å². The van der Waals surface area contributed by atoms with Crippen LogP contribution in [0.25, 0.3) is 11.1 Å². The molecule has 0 unspecified atom stereocenters. The molecule has 2 aromatic rings. The number of aliphatic hydroxyl groups excluding tert-OH is 1. The number of carboxylic acid groups (broad SMARTS) is 1. The smallest absolute Gasteiger partial charge is 0.407 e. The van der Waals surface area contributed by atoms with Crippen molar-refractivity contribution in [2.45, 2.75) is 44.4 Å². The number of benzene rings is 2. The van der Waals surface area contributed by atoms with Crippen LogP contribution in [0, 0.1) is 0 Å². The minimum atomic E-state index is -1.51. The van der Waals surface area contributed by atoms with Gasteiger partial charge in [-0.1, -0.05) is 48.5 Å². The highest BCUT2D eigenvalue weighted by atomic mass is 16.5. The van der Waals surface area contributed by atoms with E-state index in [1.54, 1.807) is 20.8 Å². The minimum absolute atomic E-state index is 0.0583. The number of carboxylic acids is 1. The van der Waals surface area contributed by atoms with Gasteiger partial charge in [0.15, 0.2) is 0 Å². The number of hydrogen-bond donors (Lipinski definition) is 4. The molecule has 1 aliphatic carbocycles. The molecule has 34 heavy (non-hydrogen) atoms. The van der Waals surface area contributed by atoms with E-state index in [0.29, 0.717) is 0 Å². The molecule has 2 atom stereocenters. The Morgan fingerprint density at radius 1 is 0.941 bits per heavy atom. The third-order valence-corrected chi connectivity index (χ3v) is 5.43. The Hall–Kier alpha value is -3.43. The van der Waals surface area contributed by atoms with Crippen LogP contribution in [-0.4, -0.2) is 65.7 Å². The molecule has 3 rings (SSSR count). The number of amides is 2. The molecule has 0 fully saturated rings. The van der Waals surface area contributed by atoms with Gasteiger partial charge in [0.2, 0.25) is 5.91 Å². The second-order valence-electron chi connectivity index (χ2n) is 9.03. The average molecular weight is 471 g/mol. The van der Waals surface area contributed by atoms with Crippen LogP contribution in [0.4, 0.5) is 4.79 Å². The Bertz CT molecular complexity index is 1000. The summed E-state index contributed by atoms with van der Waals surface area (Å²) in [4.78, 5) is 36.4. The minimum Gasteiger partial charge on any atom is -0.480 e. The summed E-state index contributed by atoms with van der Waals surface area (Å²) in [6.45, 7) is 4.40. The number of ether oxygens (including phenoxy) is 2. The maximum Gasteiger partial charge on any atom is 0.407 e. The maximum atomic E-state index is 12.6. The number of fused-ring (bicyclic) bond motifs is 3. The Morgan fingerprint density at radius 2 is 1.50 bits per heavy atom. The predicted molar refractivity (Wildman–Crippen MR) is 124 cm³/mol. The summed E-state index contributed by atoms with van der Waals surface area (Å²) in [7, 11) is 0. The second-order valence-corrected chi connectivity index (χ2v) is 9.03. The van der Waals surface area contributed by atoms with E-state index < -0.39 is 42.3 Å². The molecule has 0 aliphatic heterocycles. The zero-order chi connectivity index (χ0) is 24.9. The van der Waals surface area contributed by atoms with Crippen molar-refractivity contribution in [3.05, 3.63) is 59.7 Å².